The van der Waals surface area contributed by atoms with Crippen molar-refractivity contribution in [3.63, 3.8) is 0 Å². The van der Waals surface area contributed by atoms with Gasteiger partial charge in [-0.1, -0.05) is 6.92 Å². The summed E-state index contributed by atoms with van der Waals surface area (Å²) in [7, 11) is 0. The average Bonchev–Trinajstić information content (AvgIpc) is 1.68. The third-order valence-corrected chi connectivity index (χ3v) is 1.44. The number of β-lactam (4-membered cyclic amide) rings is 1. The molecule has 2 atom stereocenters. The topological polar surface area (TPSA) is 31.2 Å². The molecule has 1 aliphatic rings. The lowest BCUT2D eigenvalue weighted by Gasteiger charge is -2.27. The van der Waals surface area contributed by atoms with E-state index < -0.39 is 0 Å². The highest BCUT2D eigenvalue weighted by molar-refractivity contribution is 5.84. The maximum atomic E-state index is 10.3. The first-order valence-corrected chi connectivity index (χ1v) is 2.46. The molecule has 1 radical (unpaired) electrons. The molecule has 0 N–H and O–H groups in total. The highest BCUT2D eigenvalue weighted by atomic mass is 16.2. The van der Waals surface area contributed by atoms with Gasteiger partial charge < -0.3 is 0 Å². The number of hydrogen-bond donors (Lipinski definition) is 0. The second kappa shape index (κ2) is 1.22. The van der Waals surface area contributed by atoms with Gasteiger partial charge in [0, 0.05) is 0 Å². The Bertz CT molecular complexity index is 100. The highest BCUT2D eigenvalue weighted by Gasteiger charge is 2.33. The minimum atomic E-state index is 0.0625. The molecule has 1 aliphatic heterocycles. The summed E-state index contributed by atoms with van der Waals surface area (Å²) < 4.78 is 0. The van der Waals surface area contributed by atoms with Gasteiger partial charge in [-0.25, -0.2) is 5.32 Å². The molecule has 1 amide bonds. The van der Waals surface area contributed by atoms with Crippen LogP contribution in [0.15, 0.2) is 0 Å². The summed E-state index contributed by atoms with van der Waals surface area (Å²) in [6.07, 6.45) is 0. The summed E-state index contributed by atoms with van der Waals surface area (Å²) in [6.45, 7) is 3.85. The molecule has 0 aromatic carbocycles. The second-order valence-electron chi connectivity index (χ2n) is 2.00. The van der Waals surface area contributed by atoms with E-state index in [9.17, 15) is 4.79 Å². The van der Waals surface area contributed by atoms with E-state index in [1.54, 1.807) is 0 Å². The smallest absolute Gasteiger partial charge is 0.246 e. The van der Waals surface area contributed by atoms with Crippen LogP contribution in [0.2, 0.25) is 0 Å². The van der Waals surface area contributed by atoms with E-state index in [2.05, 4.69) is 5.32 Å². The fourth-order valence-electron chi connectivity index (χ4n) is 0.554. The maximum absolute atomic E-state index is 10.3. The largest absolute Gasteiger partial charge is 0.273 e. The molecule has 2 unspecified atom stereocenters. The fraction of sp³-hybridized carbons (Fsp3) is 0.800. The summed E-state index contributed by atoms with van der Waals surface area (Å²) in [5.41, 5.74) is 0. The number of carbonyl (C=O) groups is 1. The van der Waals surface area contributed by atoms with Crippen LogP contribution >= 0.6 is 0 Å². The van der Waals surface area contributed by atoms with E-state index in [1.807, 2.05) is 13.8 Å². The zero-order valence-electron chi connectivity index (χ0n) is 4.51. The Morgan fingerprint density at radius 3 is 2.14 bits per heavy atom. The Kier molecular flexibility index (Phi) is 0.805. The van der Waals surface area contributed by atoms with E-state index in [0.29, 0.717) is 0 Å². The first-order valence-electron chi connectivity index (χ1n) is 2.46. The minimum Gasteiger partial charge on any atom is -0.273 e. The van der Waals surface area contributed by atoms with Crippen LogP contribution in [0.4, 0.5) is 0 Å². The molecular weight excluding hydrogens is 90.1 g/mol. The van der Waals surface area contributed by atoms with Crippen molar-refractivity contribution in [2.75, 3.05) is 0 Å². The molecule has 0 spiro atoms. The summed E-state index contributed by atoms with van der Waals surface area (Å²) in [5, 5.41) is 3.66. The first kappa shape index (κ1) is 4.62. The Morgan fingerprint density at radius 2 is 2.14 bits per heavy atom. The molecule has 1 heterocycles. The zero-order valence-corrected chi connectivity index (χ0v) is 4.51. The monoisotopic (exact) mass is 98.1 g/mol. The van der Waals surface area contributed by atoms with Gasteiger partial charge in [-0.2, -0.15) is 0 Å². The molecule has 39 valence electrons. The highest BCUT2D eigenvalue weighted by Crippen LogP contribution is 2.13. The van der Waals surface area contributed by atoms with Crippen molar-refractivity contribution in [1.29, 1.82) is 0 Å². The van der Waals surface area contributed by atoms with Crippen molar-refractivity contribution in [1.82, 2.24) is 5.32 Å². The Hall–Kier alpha value is -0.530. The molecule has 0 aromatic rings. The van der Waals surface area contributed by atoms with E-state index >= 15 is 0 Å². The van der Waals surface area contributed by atoms with Gasteiger partial charge in [-0.05, 0) is 6.92 Å². The molecule has 1 rings (SSSR count). The van der Waals surface area contributed by atoms with Crippen LogP contribution in [-0.4, -0.2) is 11.9 Å². The van der Waals surface area contributed by atoms with Crippen LogP contribution < -0.4 is 5.32 Å². The average molecular weight is 98.1 g/mol. The molecule has 0 aromatic heterocycles. The number of nitrogens with zero attached hydrogens (tertiary/aromatic N) is 1. The molecule has 7 heavy (non-hydrogen) atoms. The number of carbonyl (C=O) groups excluding carboxylic acids is 1. The van der Waals surface area contributed by atoms with Crippen molar-refractivity contribution in [3.8, 4) is 0 Å². The van der Waals surface area contributed by atoms with Gasteiger partial charge in [0.25, 0.3) is 0 Å². The van der Waals surface area contributed by atoms with Gasteiger partial charge in [0.1, 0.15) is 0 Å². The predicted octanol–water partition coefficient (Wildman–Crippen LogP) is 0.156. The van der Waals surface area contributed by atoms with Gasteiger partial charge in [0.2, 0.25) is 5.91 Å². The van der Waals surface area contributed by atoms with Gasteiger partial charge in [0.15, 0.2) is 0 Å². The Morgan fingerprint density at radius 1 is 1.57 bits per heavy atom. The zero-order chi connectivity index (χ0) is 5.44. The van der Waals surface area contributed by atoms with E-state index in [1.165, 1.54) is 0 Å². The van der Waals surface area contributed by atoms with Crippen LogP contribution in [0.3, 0.4) is 0 Å². The third-order valence-electron chi connectivity index (χ3n) is 1.44. The number of rotatable bonds is 0. The molecule has 1 fully saturated rings. The minimum absolute atomic E-state index is 0.0625. The van der Waals surface area contributed by atoms with E-state index in [-0.39, 0.29) is 17.9 Å². The summed E-state index contributed by atoms with van der Waals surface area (Å²) >= 11 is 0. The van der Waals surface area contributed by atoms with Crippen LogP contribution in [-0.2, 0) is 4.79 Å². The normalized spacial score (nSPS) is 39.4. The van der Waals surface area contributed by atoms with Crippen molar-refractivity contribution in [3.05, 3.63) is 0 Å². The van der Waals surface area contributed by atoms with Crippen LogP contribution in [0.5, 0.6) is 0 Å². The fourth-order valence-corrected chi connectivity index (χ4v) is 0.554. The van der Waals surface area contributed by atoms with Crippen molar-refractivity contribution in [2.24, 2.45) is 5.92 Å². The lowest BCUT2D eigenvalue weighted by Crippen LogP contribution is -2.49. The molecule has 0 saturated carbocycles. The van der Waals surface area contributed by atoms with Crippen LogP contribution in [0, 0.1) is 5.92 Å². The second-order valence-corrected chi connectivity index (χ2v) is 2.00. The lowest BCUT2D eigenvalue weighted by atomic mass is 9.95. The standard InChI is InChI=1S/C5H8NO/c1-3-4(2)6-5(3)7/h3-4H,1-2H3. The van der Waals surface area contributed by atoms with Crippen LogP contribution in [0.1, 0.15) is 13.8 Å². The summed E-state index contributed by atoms with van der Waals surface area (Å²) in [6, 6.07) is 0.285. The molecule has 0 aliphatic carbocycles. The molecule has 2 heteroatoms. The number of amides is 1. The Balaban J connectivity index is 2.43. The van der Waals surface area contributed by atoms with Crippen molar-refractivity contribution in [2.45, 2.75) is 19.9 Å². The van der Waals surface area contributed by atoms with E-state index in [0.717, 1.165) is 0 Å². The molecule has 2 nitrogen and oxygen atoms in total. The summed E-state index contributed by atoms with van der Waals surface area (Å²) in [4.78, 5) is 10.3. The van der Waals surface area contributed by atoms with Gasteiger partial charge in [-0.15, -0.1) is 0 Å². The van der Waals surface area contributed by atoms with Crippen molar-refractivity contribution >= 4 is 5.91 Å². The van der Waals surface area contributed by atoms with Crippen molar-refractivity contribution < 1.29 is 4.79 Å². The SMILES string of the molecule is CC1[N]C(=O)C1C. The first-order chi connectivity index (χ1) is 3.22. The molecule has 1 saturated heterocycles. The van der Waals surface area contributed by atoms with E-state index in [4.69, 9.17) is 0 Å². The predicted molar refractivity (Wildman–Crippen MR) is 25.8 cm³/mol. The Labute approximate surface area is 42.9 Å². The van der Waals surface area contributed by atoms with Gasteiger partial charge in [0.05, 0.1) is 12.0 Å². The summed E-state index contributed by atoms with van der Waals surface area (Å²) in [5.74, 6) is 0.257. The quantitative estimate of drug-likeness (QED) is 0.397. The third kappa shape index (κ3) is 0.501. The van der Waals surface area contributed by atoms with Gasteiger partial charge >= 0.3 is 0 Å². The molecule has 0 bridgehead atoms. The lowest BCUT2D eigenvalue weighted by molar-refractivity contribution is -0.134. The van der Waals surface area contributed by atoms with Crippen LogP contribution in [0.25, 0.3) is 0 Å². The number of hydrogen-bond acceptors (Lipinski definition) is 1. The molecular formula is C5H8NO. The van der Waals surface area contributed by atoms with Gasteiger partial charge in [-0.3, -0.25) is 4.79 Å². The maximum Gasteiger partial charge on any atom is 0.246 e.